The van der Waals surface area contributed by atoms with Crippen LogP contribution < -0.4 is 5.32 Å². The molecule has 0 atom stereocenters. The quantitative estimate of drug-likeness (QED) is 0.628. The lowest BCUT2D eigenvalue weighted by molar-refractivity contribution is 0.0938. The summed E-state index contributed by atoms with van der Waals surface area (Å²) in [6, 6.07) is 6.95. The number of aryl methyl sites for hydroxylation is 2. The number of hydrogen-bond donors (Lipinski definition) is 1. The predicted octanol–water partition coefficient (Wildman–Crippen LogP) is 3.73. The fourth-order valence-corrected chi connectivity index (χ4v) is 5.61. The van der Waals surface area contributed by atoms with Gasteiger partial charge in [-0.3, -0.25) is 9.36 Å². The molecule has 0 radical (unpaired) electrons. The van der Waals surface area contributed by atoms with E-state index >= 15 is 0 Å². The number of nitriles is 1. The number of aromatic nitrogens is 2. The van der Waals surface area contributed by atoms with Gasteiger partial charge in [-0.1, -0.05) is 26.3 Å². The summed E-state index contributed by atoms with van der Waals surface area (Å²) in [7, 11) is -3.04. The van der Waals surface area contributed by atoms with Crippen molar-refractivity contribution < 1.29 is 17.6 Å². The average Bonchev–Trinajstić information content (AvgIpc) is 3.16. The highest BCUT2D eigenvalue weighted by Crippen LogP contribution is 2.28. The molecule has 1 aliphatic carbocycles. The van der Waals surface area contributed by atoms with Crippen LogP contribution in [0.25, 0.3) is 5.69 Å². The van der Waals surface area contributed by atoms with Crippen molar-refractivity contribution in [3.63, 3.8) is 0 Å². The summed E-state index contributed by atoms with van der Waals surface area (Å²) in [5.41, 5.74) is 1.07. The lowest BCUT2D eigenvalue weighted by Crippen LogP contribution is -2.34. The summed E-state index contributed by atoms with van der Waals surface area (Å²) >= 11 is 0. The topological polar surface area (TPSA) is 105 Å². The molecule has 9 heteroatoms. The number of carbonyl (C=O) groups is 1. The van der Waals surface area contributed by atoms with Crippen LogP contribution in [0.3, 0.4) is 0 Å². The van der Waals surface area contributed by atoms with Gasteiger partial charge in [0, 0.05) is 19.2 Å². The summed E-state index contributed by atoms with van der Waals surface area (Å²) in [6.07, 6.45) is 5.95. The van der Waals surface area contributed by atoms with Crippen molar-refractivity contribution in [1.82, 2.24) is 14.9 Å². The number of hydrogen-bond acceptors (Lipinski definition) is 5. The lowest BCUT2D eigenvalue weighted by Gasteiger charge is -2.27. The smallest absolute Gasteiger partial charge is 0.272 e. The molecule has 0 saturated heterocycles. The monoisotopic (exact) mass is 474 g/mol. The largest absolute Gasteiger partial charge is 0.350 e. The van der Waals surface area contributed by atoms with Crippen molar-refractivity contribution in [2.45, 2.75) is 64.0 Å². The molecule has 0 unspecified atom stereocenters. The molecule has 1 saturated carbocycles. The van der Waals surface area contributed by atoms with Gasteiger partial charge in [0.2, 0.25) is 0 Å². The molecule has 3 rings (SSSR count). The van der Waals surface area contributed by atoms with E-state index in [9.17, 15) is 22.9 Å². The predicted molar refractivity (Wildman–Crippen MR) is 125 cm³/mol. The van der Waals surface area contributed by atoms with Gasteiger partial charge in [-0.25, -0.2) is 17.8 Å². The highest BCUT2D eigenvalue weighted by Gasteiger charge is 2.29. The third-order valence-electron chi connectivity index (χ3n) is 6.33. The van der Waals surface area contributed by atoms with Crippen LogP contribution in [0.4, 0.5) is 4.39 Å². The molecular weight excluding hydrogens is 443 g/mol. The molecule has 1 amide bonds. The Hall–Kier alpha value is -2.73. The summed E-state index contributed by atoms with van der Waals surface area (Å²) in [5.74, 6) is -0.325. The van der Waals surface area contributed by atoms with Crippen molar-refractivity contribution in [2.75, 3.05) is 12.8 Å². The molecule has 178 valence electrons. The Morgan fingerprint density at radius 3 is 2.52 bits per heavy atom. The van der Waals surface area contributed by atoms with E-state index in [2.05, 4.69) is 10.3 Å². The maximum absolute atomic E-state index is 14.9. The van der Waals surface area contributed by atoms with E-state index in [1.807, 2.05) is 26.0 Å². The Morgan fingerprint density at radius 1 is 1.27 bits per heavy atom. The van der Waals surface area contributed by atoms with E-state index in [0.29, 0.717) is 44.5 Å². The second-order valence-electron chi connectivity index (χ2n) is 8.74. The van der Waals surface area contributed by atoms with Crippen LogP contribution in [0.15, 0.2) is 18.2 Å². The zero-order chi connectivity index (χ0) is 24.2. The first-order valence-corrected chi connectivity index (χ1v) is 13.4. The minimum Gasteiger partial charge on any atom is -0.350 e. The minimum atomic E-state index is -3.04. The molecule has 33 heavy (non-hydrogen) atoms. The molecular formula is C24H31FN4O3S. The van der Waals surface area contributed by atoms with Crippen molar-refractivity contribution >= 4 is 15.7 Å². The Labute approximate surface area is 194 Å². The van der Waals surface area contributed by atoms with E-state index in [1.165, 1.54) is 16.9 Å². The van der Waals surface area contributed by atoms with Gasteiger partial charge in [0.25, 0.3) is 5.91 Å². The third-order valence-corrected chi connectivity index (χ3v) is 8.01. The zero-order valence-electron chi connectivity index (χ0n) is 19.4. The number of carbonyl (C=O) groups excluding carboxylic acids is 1. The number of halogens is 1. The molecule has 1 aromatic carbocycles. The second-order valence-corrected chi connectivity index (χ2v) is 11.1. The van der Waals surface area contributed by atoms with Crippen LogP contribution in [0.1, 0.15) is 73.5 Å². The van der Waals surface area contributed by atoms with E-state index < -0.39 is 21.6 Å². The third kappa shape index (κ3) is 5.61. The standard InChI is InChI=1S/C24H31FN4O3S/c1-4-6-16-9-12-20(19(25)13-16)29-21(14-26)23(28-22(29)5-2)24(30)27-15-17-7-10-18(11-8-17)33(3,31)32/h9,12-13,17-18H,4-8,10-11,15H2,1-3H3,(H,27,30). The molecule has 7 nitrogen and oxygen atoms in total. The Kier molecular flexibility index (Phi) is 7.90. The Balaban J connectivity index is 1.79. The highest BCUT2D eigenvalue weighted by molar-refractivity contribution is 7.91. The maximum atomic E-state index is 14.9. The highest BCUT2D eigenvalue weighted by atomic mass is 32.2. The van der Waals surface area contributed by atoms with Crippen LogP contribution in [0.2, 0.25) is 0 Å². The normalized spacial score (nSPS) is 18.6. The number of sulfone groups is 1. The summed E-state index contributed by atoms with van der Waals surface area (Å²) < 4.78 is 39.8. The molecule has 1 aliphatic rings. The molecule has 1 aromatic heterocycles. The molecule has 0 spiro atoms. The van der Waals surface area contributed by atoms with Gasteiger partial charge < -0.3 is 5.32 Å². The van der Waals surface area contributed by atoms with Gasteiger partial charge >= 0.3 is 0 Å². The molecule has 2 aromatic rings. The molecule has 1 N–H and O–H groups in total. The number of nitrogens with zero attached hydrogens (tertiary/aromatic N) is 3. The Morgan fingerprint density at radius 2 is 1.97 bits per heavy atom. The number of nitrogens with one attached hydrogen (secondary N) is 1. The summed E-state index contributed by atoms with van der Waals surface area (Å²) in [5, 5.41) is 12.3. The SMILES string of the molecule is CCCc1ccc(-n2c(CC)nc(C(=O)NCC3CCC(S(C)(=O)=O)CC3)c2C#N)c(F)c1. The van der Waals surface area contributed by atoms with Crippen molar-refractivity contribution in [3.8, 4) is 11.8 Å². The van der Waals surface area contributed by atoms with E-state index in [0.717, 1.165) is 18.4 Å². The van der Waals surface area contributed by atoms with Crippen LogP contribution in [-0.4, -0.2) is 41.9 Å². The summed E-state index contributed by atoms with van der Waals surface area (Å²) in [6.45, 7) is 4.24. The van der Waals surface area contributed by atoms with Gasteiger partial charge in [0.05, 0.1) is 10.9 Å². The molecule has 0 bridgehead atoms. The van der Waals surface area contributed by atoms with Gasteiger partial charge in [0.15, 0.2) is 11.4 Å². The van der Waals surface area contributed by atoms with Gasteiger partial charge in [-0.15, -0.1) is 0 Å². The average molecular weight is 475 g/mol. The number of rotatable bonds is 8. The lowest BCUT2D eigenvalue weighted by atomic mass is 9.89. The Bertz CT molecular complexity index is 1160. The number of imidazole rings is 1. The van der Waals surface area contributed by atoms with Crippen LogP contribution in [0.5, 0.6) is 0 Å². The van der Waals surface area contributed by atoms with Gasteiger partial charge in [-0.05, 0) is 55.7 Å². The second kappa shape index (κ2) is 10.5. The summed E-state index contributed by atoms with van der Waals surface area (Å²) in [4.78, 5) is 17.3. The van der Waals surface area contributed by atoms with Crippen LogP contribution >= 0.6 is 0 Å². The fourth-order valence-electron chi connectivity index (χ4n) is 4.49. The first kappa shape index (κ1) is 24.9. The fraction of sp³-hybridized carbons (Fsp3) is 0.542. The number of benzene rings is 1. The van der Waals surface area contributed by atoms with Crippen molar-refractivity contribution in [3.05, 3.63) is 46.8 Å². The van der Waals surface area contributed by atoms with Gasteiger partial charge in [0.1, 0.15) is 27.5 Å². The van der Waals surface area contributed by atoms with E-state index in [-0.39, 0.29) is 28.2 Å². The molecule has 1 fully saturated rings. The van der Waals surface area contributed by atoms with E-state index in [1.54, 1.807) is 6.07 Å². The maximum Gasteiger partial charge on any atom is 0.272 e. The van der Waals surface area contributed by atoms with Crippen molar-refractivity contribution in [2.24, 2.45) is 5.92 Å². The van der Waals surface area contributed by atoms with E-state index in [4.69, 9.17) is 0 Å². The minimum absolute atomic E-state index is 0.00674. The first-order chi connectivity index (χ1) is 15.7. The number of amides is 1. The zero-order valence-corrected chi connectivity index (χ0v) is 20.2. The molecule has 0 aliphatic heterocycles. The van der Waals surface area contributed by atoms with Crippen LogP contribution in [-0.2, 0) is 22.7 Å². The van der Waals surface area contributed by atoms with Crippen molar-refractivity contribution in [1.29, 1.82) is 5.26 Å². The molecule has 1 heterocycles. The van der Waals surface area contributed by atoms with Gasteiger partial charge in [-0.2, -0.15) is 5.26 Å². The first-order valence-electron chi connectivity index (χ1n) is 11.5. The van der Waals surface area contributed by atoms with Crippen LogP contribution in [0, 0.1) is 23.1 Å².